The van der Waals surface area contributed by atoms with Crippen molar-refractivity contribution in [3.05, 3.63) is 99.8 Å². The van der Waals surface area contributed by atoms with Gasteiger partial charge in [-0.1, -0.05) is 25.2 Å². The van der Waals surface area contributed by atoms with Crippen molar-refractivity contribution in [3.63, 3.8) is 0 Å². The molecule has 7 rings (SSSR count). The van der Waals surface area contributed by atoms with Crippen molar-refractivity contribution in [1.82, 2.24) is 10.2 Å². The maximum Gasteiger partial charge on any atom is 0.253 e. The third-order valence-corrected chi connectivity index (χ3v) is 13.1. The van der Waals surface area contributed by atoms with Gasteiger partial charge < -0.3 is 20.1 Å². The molecule has 5 aliphatic rings. The van der Waals surface area contributed by atoms with Crippen LogP contribution in [0.25, 0.3) is 5.57 Å². The molecular formula is C35H34N4O5Si. The van der Waals surface area contributed by atoms with E-state index in [1.165, 1.54) is 58.9 Å². The maximum atomic E-state index is 13.3. The predicted octanol–water partition coefficient (Wildman–Crippen LogP) is 1.54. The second-order valence-electron chi connectivity index (χ2n) is 12.6. The molecule has 2 aromatic carbocycles. The van der Waals surface area contributed by atoms with E-state index in [-0.39, 0.29) is 24.2 Å². The van der Waals surface area contributed by atoms with Crippen LogP contribution in [0.2, 0.25) is 13.1 Å². The van der Waals surface area contributed by atoms with Crippen molar-refractivity contribution >= 4 is 53.9 Å². The summed E-state index contributed by atoms with van der Waals surface area (Å²) in [7, 11) is -2.24. The molecule has 4 aliphatic heterocycles. The Morgan fingerprint density at radius 1 is 0.933 bits per heavy atom. The van der Waals surface area contributed by atoms with Gasteiger partial charge in [0.2, 0.25) is 0 Å². The fourth-order valence-electron chi connectivity index (χ4n) is 6.76. The van der Waals surface area contributed by atoms with E-state index >= 15 is 0 Å². The lowest BCUT2D eigenvalue weighted by molar-refractivity contribution is -0.582. The summed E-state index contributed by atoms with van der Waals surface area (Å²) >= 11 is 0. The maximum absolute atomic E-state index is 13.3. The van der Waals surface area contributed by atoms with Crippen LogP contribution in [0.15, 0.2) is 77.5 Å². The zero-order valence-electron chi connectivity index (χ0n) is 25.4. The Morgan fingerprint density at radius 2 is 1.69 bits per heavy atom. The second-order valence-corrected chi connectivity index (χ2v) is 16.9. The summed E-state index contributed by atoms with van der Waals surface area (Å²) in [4.78, 5) is 53.1. The zero-order valence-corrected chi connectivity index (χ0v) is 26.4. The normalized spacial score (nSPS) is 19.6. The average molecular weight is 619 g/mol. The highest BCUT2D eigenvalue weighted by Gasteiger charge is 2.41. The highest BCUT2D eigenvalue weighted by atomic mass is 28.3. The van der Waals surface area contributed by atoms with Crippen molar-refractivity contribution in [1.29, 1.82) is 0 Å². The number of anilines is 1. The summed E-state index contributed by atoms with van der Waals surface area (Å²) < 4.78 is 2.37. The molecule has 0 radical (unpaired) electrons. The minimum absolute atomic E-state index is 0.0118. The molecule has 10 heteroatoms. The monoisotopic (exact) mass is 618 g/mol. The van der Waals surface area contributed by atoms with Crippen LogP contribution in [0.4, 0.5) is 5.69 Å². The highest BCUT2D eigenvalue weighted by Crippen LogP contribution is 2.43. The molecule has 2 aromatic rings. The minimum Gasteiger partial charge on any atom is -0.545 e. The Balaban J connectivity index is 1.33. The molecule has 0 atom stereocenters. The fraction of sp³-hybridized carbons (Fsp3) is 0.286. The van der Waals surface area contributed by atoms with E-state index in [0.29, 0.717) is 5.56 Å². The smallest absolute Gasteiger partial charge is 0.253 e. The van der Waals surface area contributed by atoms with Crippen LogP contribution < -0.4 is 20.5 Å². The number of carbonyl (C=O) groups is 4. The molecule has 2 saturated heterocycles. The summed E-state index contributed by atoms with van der Waals surface area (Å²) in [5.41, 5.74) is 5.83. The van der Waals surface area contributed by atoms with Crippen LogP contribution in [0.5, 0.6) is 0 Å². The molecule has 0 saturated carbocycles. The lowest BCUT2D eigenvalue weighted by Gasteiger charge is -2.40. The number of carboxylic acid groups (broad SMARTS) is 1. The summed E-state index contributed by atoms with van der Waals surface area (Å²) in [5.74, 6) is -2.58. The van der Waals surface area contributed by atoms with Crippen LogP contribution >= 0.6 is 0 Å². The molecule has 2 fully saturated rings. The minimum atomic E-state index is -2.24. The van der Waals surface area contributed by atoms with Crippen molar-refractivity contribution in [3.8, 4) is 0 Å². The van der Waals surface area contributed by atoms with Crippen LogP contribution in [-0.4, -0.2) is 86.2 Å². The molecule has 3 amide bonds. The van der Waals surface area contributed by atoms with Gasteiger partial charge in [-0.25, -0.2) is 4.58 Å². The summed E-state index contributed by atoms with van der Waals surface area (Å²) in [6.45, 7) is 8.91. The van der Waals surface area contributed by atoms with Crippen molar-refractivity contribution in [2.24, 2.45) is 0 Å². The van der Waals surface area contributed by atoms with E-state index in [4.69, 9.17) is 0 Å². The molecule has 0 spiro atoms. The van der Waals surface area contributed by atoms with Gasteiger partial charge in [0.25, 0.3) is 17.7 Å². The number of allylic oxidation sites excluding steroid dienone is 5. The molecule has 0 bridgehead atoms. The van der Waals surface area contributed by atoms with E-state index in [1.807, 2.05) is 0 Å². The Kier molecular flexibility index (Phi) is 7.04. The molecule has 228 valence electrons. The molecule has 1 aliphatic carbocycles. The van der Waals surface area contributed by atoms with Crippen LogP contribution in [0.1, 0.15) is 44.7 Å². The molecule has 0 unspecified atom stereocenters. The van der Waals surface area contributed by atoms with E-state index in [9.17, 15) is 24.3 Å². The number of nitrogens with zero attached hydrogens (tertiary/aromatic N) is 3. The van der Waals surface area contributed by atoms with Gasteiger partial charge in [0.15, 0.2) is 5.71 Å². The number of hydrogen-bond acceptors (Lipinski definition) is 6. The van der Waals surface area contributed by atoms with Gasteiger partial charge in [-0.15, -0.1) is 0 Å². The van der Waals surface area contributed by atoms with E-state index in [0.717, 1.165) is 47.8 Å². The number of carboxylic acids is 1. The number of rotatable bonds is 7. The van der Waals surface area contributed by atoms with Gasteiger partial charge in [-0.3, -0.25) is 19.3 Å². The first kappa shape index (κ1) is 28.9. The number of carbonyl (C=O) groups excluding carboxylic acids is 4. The zero-order chi connectivity index (χ0) is 31.5. The molecular weight excluding hydrogens is 584 g/mol. The number of fused-ring (bicyclic) bond motifs is 2. The number of benzene rings is 2. The highest BCUT2D eigenvalue weighted by molar-refractivity contribution is 6.98. The fourth-order valence-corrected chi connectivity index (χ4v) is 9.83. The van der Waals surface area contributed by atoms with Gasteiger partial charge in [0.05, 0.1) is 12.4 Å². The van der Waals surface area contributed by atoms with Gasteiger partial charge in [0, 0.05) is 67.3 Å². The van der Waals surface area contributed by atoms with E-state index < -0.39 is 31.8 Å². The number of amides is 3. The number of aromatic carboxylic acids is 1. The van der Waals surface area contributed by atoms with Crippen LogP contribution in [-0.2, 0) is 9.59 Å². The summed E-state index contributed by atoms with van der Waals surface area (Å²) in [6.07, 6.45) is 11.3. The van der Waals surface area contributed by atoms with Gasteiger partial charge in [-0.2, -0.15) is 0 Å². The first-order valence-electron chi connectivity index (χ1n) is 15.5. The topological polar surface area (TPSA) is 113 Å². The molecule has 0 aromatic heterocycles. The Morgan fingerprint density at radius 3 is 2.33 bits per heavy atom. The van der Waals surface area contributed by atoms with E-state index in [1.54, 1.807) is 6.07 Å². The first-order chi connectivity index (χ1) is 21.6. The van der Waals surface area contributed by atoms with E-state index in [2.05, 4.69) is 64.3 Å². The van der Waals surface area contributed by atoms with Gasteiger partial charge >= 0.3 is 0 Å². The Hall–Kier alpha value is -4.83. The lowest BCUT2D eigenvalue weighted by atomic mass is 9.86. The van der Waals surface area contributed by atoms with Crippen LogP contribution in [0, 0.1) is 0 Å². The Bertz CT molecular complexity index is 1840. The van der Waals surface area contributed by atoms with Gasteiger partial charge in [-0.05, 0) is 69.4 Å². The van der Waals surface area contributed by atoms with Crippen molar-refractivity contribution < 1.29 is 28.9 Å². The number of hydrogen-bond donors (Lipinski definition) is 1. The predicted molar refractivity (Wildman–Crippen MR) is 172 cm³/mol. The Labute approximate surface area is 262 Å². The molecule has 1 N–H and O–H groups in total. The first-order valence-corrected chi connectivity index (χ1v) is 18.5. The summed E-state index contributed by atoms with van der Waals surface area (Å²) in [5, 5.41) is 17.8. The number of imide groups is 1. The van der Waals surface area contributed by atoms with Crippen molar-refractivity contribution in [2.75, 3.05) is 44.2 Å². The average Bonchev–Trinajstić information content (AvgIpc) is 3.28. The molecule has 45 heavy (non-hydrogen) atoms. The third-order valence-electron chi connectivity index (χ3n) is 9.63. The molecule has 9 nitrogen and oxygen atoms in total. The van der Waals surface area contributed by atoms with Crippen LogP contribution in [0.3, 0.4) is 0 Å². The standard InChI is InChI=1S/C35H34N4O5Si/c1-45(2)29-20-23(37-14-3-15-37)6-9-26(29)33(27-10-7-24(21-30(27)45)38-16-4-17-38)28-19-22(5-8-25(28)35(43)44)34(42)36-13-18-39-31(40)11-12-32(39)41/h5-12,19-21H,3-4,13-18H2,1-2H3,(H-,36,42,43,44). The second kappa shape index (κ2) is 11.0. The summed E-state index contributed by atoms with van der Waals surface area (Å²) in [6, 6.07) is 11.1. The van der Waals surface area contributed by atoms with Crippen molar-refractivity contribution in [2.45, 2.75) is 25.9 Å². The number of nitrogens with one attached hydrogen (secondary N) is 1. The largest absolute Gasteiger partial charge is 0.545 e. The SMILES string of the molecule is C[Si]1(C)C2=CC(=[N+]3CCC3)C=CC2=C(c2cc(C(=O)NCCN3C(=O)C=CC3=O)ccc2C(=O)[O-])c2ccc(N3CCC3)cc21. The quantitative estimate of drug-likeness (QED) is 0.286. The lowest BCUT2D eigenvalue weighted by Crippen LogP contribution is -2.50. The molecule has 4 heterocycles. The third kappa shape index (κ3) is 4.89. The van der Waals surface area contributed by atoms with Gasteiger partial charge in [0.1, 0.15) is 21.2 Å².